The number of carbonyl (C=O) groups is 1. The number of hydrogen-bond acceptors (Lipinski definition) is 6. The Hall–Kier alpha value is -2.86. The van der Waals surface area contributed by atoms with Crippen molar-refractivity contribution >= 4 is 23.4 Å². The molecule has 0 unspecified atom stereocenters. The third-order valence-electron chi connectivity index (χ3n) is 3.21. The van der Waals surface area contributed by atoms with Gasteiger partial charge in [0.1, 0.15) is 0 Å². The summed E-state index contributed by atoms with van der Waals surface area (Å²) in [6, 6.07) is 16.3. The van der Waals surface area contributed by atoms with Gasteiger partial charge in [0, 0.05) is 5.02 Å². The Labute approximate surface area is 136 Å². The van der Waals surface area contributed by atoms with Gasteiger partial charge in [-0.2, -0.15) is 0 Å². The number of ether oxygens (including phenoxy) is 1. The van der Waals surface area contributed by atoms with Gasteiger partial charge in [-0.05, 0) is 33.6 Å². The largest absolute Gasteiger partial charge is 0.448 e. The smallest absolute Gasteiger partial charge is 0.365 e. The lowest BCUT2D eigenvalue weighted by Crippen LogP contribution is -2.14. The minimum atomic E-state index is -0.715. The van der Waals surface area contributed by atoms with E-state index in [-0.39, 0.29) is 11.5 Å². The summed E-state index contributed by atoms with van der Waals surface area (Å²) in [4.78, 5) is 12.3. The number of nitrogen functional groups attached to an aromatic ring is 1. The van der Waals surface area contributed by atoms with Gasteiger partial charge in [0.05, 0.1) is 0 Å². The van der Waals surface area contributed by atoms with Crippen molar-refractivity contribution in [2.45, 2.75) is 6.10 Å². The van der Waals surface area contributed by atoms with Crippen molar-refractivity contribution in [3.63, 3.8) is 0 Å². The molecule has 0 aliphatic rings. The number of carbonyl (C=O) groups excluding carboxylic acids is 1. The minimum absolute atomic E-state index is 0.113. The second-order valence-electron chi connectivity index (χ2n) is 4.75. The number of esters is 1. The van der Waals surface area contributed by atoms with Crippen LogP contribution in [0, 0.1) is 0 Å². The van der Waals surface area contributed by atoms with E-state index in [0.717, 1.165) is 11.1 Å². The first-order chi connectivity index (χ1) is 11.1. The van der Waals surface area contributed by atoms with Gasteiger partial charge in [-0.1, -0.05) is 54.1 Å². The first-order valence-electron chi connectivity index (χ1n) is 6.74. The Morgan fingerprint density at radius 2 is 1.70 bits per heavy atom. The lowest BCUT2D eigenvalue weighted by molar-refractivity contribution is 0.0366. The molecule has 0 aliphatic carbocycles. The van der Waals surface area contributed by atoms with Gasteiger partial charge >= 0.3 is 5.97 Å². The van der Waals surface area contributed by atoms with Crippen LogP contribution in [0.4, 0.5) is 5.82 Å². The quantitative estimate of drug-likeness (QED) is 0.739. The summed E-state index contributed by atoms with van der Waals surface area (Å²) >= 11 is 5.92. The lowest BCUT2D eigenvalue weighted by Gasteiger charge is -2.18. The summed E-state index contributed by atoms with van der Waals surface area (Å²) < 4.78 is 10.00. The number of hydrogen-bond donors (Lipinski definition) is 1. The maximum atomic E-state index is 12.3. The van der Waals surface area contributed by atoms with Gasteiger partial charge in [-0.15, -0.1) is 0 Å². The third-order valence-corrected chi connectivity index (χ3v) is 3.46. The zero-order chi connectivity index (χ0) is 16.2. The monoisotopic (exact) mass is 329 g/mol. The number of rotatable bonds is 4. The molecule has 0 spiro atoms. The van der Waals surface area contributed by atoms with Gasteiger partial charge in [0.25, 0.3) is 0 Å². The van der Waals surface area contributed by atoms with Crippen LogP contribution >= 0.6 is 11.6 Å². The van der Waals surface area contributed by atoms with E-state index in [0.29, 0.717) is 5.02 Å². The molecule has 23 heavy (non-hydrogen) atoms. The second-order valence-corrected chi connectivity index (χ2v) is 5.18. The van der Waals surface area contributed by atoms with E-state index in [1.54, 1.807) is 24.3 Å². The predicted octanol–water partition coefficient (Wildman–Crippen LogP) is 3.25. The normalized spacial score (nSPS) is 11.9. The fourth-order valence-electron chi connectivity index (χ4n) is 2.09. The summed E-state index contributed by atoms with van der Waals surface area (Å²) in [6.45, 7) is 0. The highest BCUT2D eigenvalue weighted by Crippen LogP contribution is 2.28. The molecular formula is C16H12ClN3O3. The van der Waals surface area contributed by atoms with E-state index in [4.69, 9.17) is 22.1 Å². The highest BCUT2D eigenvalue weighted by Gasteiger charge is 2.24. The lowest BCUT2D eigenvalue weighted by atomic mass is 10.0. The van der Waals surface area contributed by atoms with Gasteiger partial charge in [0.15, 0.2) is 6.10 Å². The van der Waals surface area contributed by atoms with Crippen LogP contribution in [-0.4, -0.2) is 16.3 Å². The summed E-state index contributed by atoms with van der Waals surface area (Å²) in [5.41, 5.74) is 6.95. The molecule has 1 aromatic heterocycles. The summed E-state index contributed by atoms with van der Waals surface area (Å²) in [5.74, 6) is -0.828. The molecule has 0 bridgehead atoms. The second kappa shape index (κ2) is 6.50. The Morgan fingerprint density at radius 1 is 1.04 bits per heavy atom. The number of anilines is 1. The molecule has 0 saturated carbocycles. The molecule has 3 rings (SSSR count). The van der Waals surface area contributed by atoms with Crippen LogP contribution in [0.1, 0.15) is 27.7 Å². The van der Waals surface area contributed by atoms with E-state index >= 15 is 0 Å². The van der Waals surface area contributed by atoms with E-state index in [9.17, 15) is 4.79 Å². The molecule has 2 aromatic carbocycles. The van der Waals surface area contributed by atoms with E-state index < -0.39 is 12.1 Å². The number of benzene rings is 2. The maximum Gasteiger partial charge on any atom is 0.365 e. The fraction of sp³-hybridized carbons (Fsp3) is 0.0625. The number of nitrogens with zero attached hydrogens (tertiary/aromatic N) is 2. The van der Waals surface area contributed by atoms with Gasteiger partial charge in [0.2, 0.25) is 11.5 Å². The molecule has 0 amide bonds. The Bertz CT molecular complexity index is 803. The molecule has 0 radical (unpaired) electrons. The molecule has 0 aliphatic heterocycles. The molecule has 7 heteroatoms. The van der Waals surface area contributed by atoms with Crippen molar-refractivity contribution in [1.29, 1.82) is 0 Å². The van der Waals surface area contributed by atoms with E-state index in [1.165, 1.54) is 0 Å². The highest BCUT2D eigenvalue weighted by molar-refractivity contribution is 6.30. The molecule has 6 nitrogen and oxygen atoms in total. The van der Waals surface area contributed by atoms with Crippen molar-refractivity contribution in [2.75, 3.05) is 5.73 Å². The average molecular weight is 330 g/mol. The van der Waals surface area contributed by atoms with Crippen molar-refractivity contribution < 1.29 is 14.2 Å². The van der Waals surface area contributed by atoms with Gasteiger partial charge in [-0.25, -0.2) is 9.42 Å². The Morgan fingerprint density at radius 3 is 2.30 bits per heavy atom. The van der Waals surface area contributed by atoms with Crippen LogP contribution in [0.3, 0.4) is 0 Å². The number of nitrogens with two attached hydrogens (primary N) is 1. The average Bonchev–Trinajstić information content (AvgIpc) is 3.00. The predicted molar refractivity (Wildman–Crippen MR) is 83.9 cm³/mol. The van der Waals surface area contributed by atoms with Gasteiger partial charge in [-0.3, -0.25) is 0 Å². The minimum Gasteiger partial charge on any atom is -0.448 e. The fourth-order valence-corrected chi connectivity index (χ4v) is 2.22. The third kappa shape index (κ3) is 3.32. The van der Waals surface area contributed by atoms with Crippen LogP contribution < -0.4 is 5.73 Å². The summed E-state index contributed by atoms with van der Waals surface area (Å²) in [6.07, 6.45) is -0.628. The van der Waals surface area contributed by atoms with E-state index in [1.807, 2.05) is 30.3 Å². The Kier molecular flexibility index (Phi) is 4.25. The SMILES string of the molecule is Nc1nonc1C(=O)O[C@H](c1ccccc1)c1ccc(Cl)cc1. The summed E-state index contributed by atoms with van der Waals surface area (Å²) in [5, 5.41) is 7.43. The van der Waals surface area contributed by atoms with Crippen LogP contribution in [-0.2, 0) is 4.74 Å². The number of halogens is 1. The zero-order valence-corrected chi connectivity index (χ0v) is 12.6. The van der Waals surface area contributed by atoms with Crippen molar-refractivity contribution in [3.8, 4) is 0 Å². The van der Waals surface area contributed by atoms with Crippen LogP contribution in [0.15, 0.2) is 59.2 Å². The Balaban J connectivity index is 1.94. The first-order valence-corrected chi connectivity index (χ1v) is 7.12. The summed E-state index contributed by atoms with van der Waals surface area (Å²) in [7, 11) is 0. The van der Waals surface area contributed by atoms with Crippen LogP contribution in [0.5, 0.6) is 0 Å². The van der Waals surface area contributed by atoms with Crippen LogP contribution in [0.25, 0.3) is 0 Å². The van der Waals surface area contributed by atoms with Gasteiger partial charge < -0.3 is 10.5 Å². The molecule has 0 fully saturated rings. The molecule has 116 valence electrons. The topological polar surface area (TPSA) is 91.2 Å². The molecule has 0 saturated heterocycles. The first kappa shape index (κ1) is 15.1. The van der Waals surface area contributed by atoms with E-state index in [2.05, 4.69) is 14.9 Å². The molecule has 1 atom stereocenters. The van der Waals surface area contributed by atoms with Crippen molar-refractivity contribution in [2.24, 2.45) is 0 Å². The molecule has 3 aromatic rings. The zero-order valence-electron chi connectivity index (χ0n) is 11.8. The van der Waals surface area contributed by atoms with Crippen molar-refractivity contribution in [1.82, 2.24) is 10.3 Å². The standard InChI is InChI=1S/C16H12ClN3O3/c17-12-8-6-11(7-9-12)14(10-4-2-1-3-5-10)22-16(21)13-15(18)20-23-19-13/h1-9,14H,(H2,18,20)/t14-/m1/s1. The van der Waals surface area contributed by atoms with Crippen molar-refractivity contribution in [3.05, 3.63) is 76.4 Å². The maximum absolute atomic E-state index is 12.3. The molecular weight excluding hydrogens is 318 g/mol. The number of aromatic nitrogens is 2. The molecule has 1 heterocycles. The van der Waals surface area contributed by atoms with Crippen LogP contribution in [0.2, 0.25) is 5.02 Å². The highest BCUT2D eigenvalue weighted by atomic mass is 35.5. The molecule has 2 N–H and O–H groups in total.